The molecule has 0 saturated heterocycles. The van der Waals surface area contributed by atoms with Crippen molar-refractivity contribution in [2.75, 3.05) is 13.7 Å². The lowest BCUT2D eigenvalue weighted by Gasteiger charge is -2.18. The van der Waals surface area contributed by atoms with Crippen LogP contribution in [0.2, 0.25) is 0 Å². The number of alkyl halides is 3. The van der Waals surface area contributed by atoms with Gasteiger partial charge in [0, 0.05) is 19.7 Å². The van der Waals surface area contributed by atoms with Crippen LogP contribution in [0.1, 0.15) is 31.0 Å². The zero-order valence-electron chi connectivity index (χ0n) is 10.7. The Kier molecular flexibility index (Phi) is 5.16. The lowest BCUT2D eigenvalue weighted by molar-refractivity contribution is -0.137. The van der Waals surface area contributed by atoms with Crippen molar-refractivity contribution in [1.82, 2.24) is 5.32 Å². The highest BCUT2D eigenvalue weighted by molar-refractivity contribution is 5.27. The van der Waals surface area contributed by atoms with Crippen LogP contribution in [0.4, 0.5) is 13.2 Å². The maximum absolute atomic E-state index is 12.6. The van der Waals surface area contributed by atoms with E-state index >= 15 is 0 Å². The van der Waals surface area contributed by atoms with E-state index in [1.54, 1.807) is 13.2 Å². The Morgan fingerprint density at radius 3 is 2.50 bits per heavy atom. The predicted octanol–water partition coefficient (Wildman–Crippen LogP) is 3.39. The van der Waals surface area contributed by atoms with Gasteiger partial charge in [-0.1, -0.05) is 12.1 Å². The molecule has 1 aromatic rings. The molecule has 0 aliphatic heterocycles. The molecule has 2 nitrogen and oxygen atoms in total. The van der Waals surface area contributed by atoms with Crippen molar-refractivity contribution in [3.05, 3.63) is 35.4 Å². The molecule has 5 heteroatoms. The highest BCUT2D eigenvalue weighted by Crippen LogP contribution is 2.30. The topological polar surface area (TPSA) is 21.3 Å². The largest absolute Gasteiger partial charge is 0.416 e. The number of methoxy groups -OCH3 is 1. The number of hydrogen-bond donors (Lipinski definition) is 1. The fourth-order valence-electron chi connectivity index (χ4n) is 1.53. The van der Waals surface area contributed by atoms with Gasteiger partial charge < -0.3 is 10.1 Å². The van der Waals surface area contributed by atoms with Gasteiger partial charge >= 0.3 is 6.18 Å². The van der Waals surface area contributed by atoms with Crippen molar-refractivity contribution in [2.24, 2.45) is 0 Å². The van der Waals surface area contributed by atoms with Gasteiger partial charge in [0.1, 0.15) is 0 Å². The second kappa shape index (κ2) is 6.20. The van der Waals surface area contributed by atoms with Gasteiger partial charge in [-0.05, 0) is 31.5 Å². The molecule has 0 fully saturated rings. The highest BCUT2D eigenvalue weighted by atomic mass is 19.4. The Morgan fingerprint density at radius 1 is 1.28 bits per heavy atom. The maximum atomic E-state index is 12.6. The number of nitrogens with one attached hydrogen (secondary N) is 1. The minimum Gasteiger partial charge on any atom is -0.380 e. The summed E-state index contributed by atoms with van der Waals surface area (Å²) in [4.78, 5) is 0. The fraction of sp³-hybridized carbons (Fsp3) is 0.538. The van der Waals surface area contributed by atoms with E-state index in [0.29, 0.717) is 12.1 Å². The molecule has 0 heterocycles. The quantitative estimate of drug-likeness (QED) is 0.877. The van der Waals surface area contributed by atoms with Crippen LogP contribution in [0.15, 0.2) is 24.3 Å². The van der Waals surface area contributed by atoms with Gasteiger partial charge in [-0.25, -0.2) is 0 Å². The van der Waals surface area contributed by atoms with Crippen LogP contribution in [0.3, 0.4) is 0 Å². The van der Waals surface area contributed by atoms with Crippen LogP contribution in [-0.4, -0.2) is 19.8 Å². The number of halogens is 3. The molecule has 0 aliphatic rings. The molecule has 2 atom stereocenters. The molecule has 18 heavy (non-hydrogen) atoms. The maximum Gasteiger partial charge on any atom is 0.416 e. The van der Waals surface area contributed by atoms with Gasteiger partial charge in [-0.2, -0.15) is 13.2 Å². The molecule has 0 spiro atoms. The lowest BCUT2D eigenvalue weighted by Crippen LogP contribution is -2.28. The Balaban J connectivity index is 2.71. The third-order valence-electron chi connectivity index (χ3n) is 2.83. The molecule has 0 bridgehead atoms. The second-order valence-electron chi connectivity index (χ2n) is 4.30. The molecular formula is C13H18F3NO. The third kappa shape index (κ3) is 4.31. The van der Waals surface area contributed by atoms with Crippen LogP contribution in [0.5, 0.6) is 0 Å². The van der Waals surface area contributed by atoms with E-state index < -0.39 is 11.7 Å². The fourth-order valence-corrected chi connectivity index (χ4v) is 1.53. The van der Waals surface area contributed by atoms with Crippen LogP contribution >= 0.6 is 0 Å². The monoisotopic (exact) mass is 261 g/mol. The van der Waals surface area contributed by atoms with Crippen LogP contribution in [0.25, 0.3) is 0 Å². The van der Waals surface area contributed by atoms with E-state index in [2.05, 4.69) is 5.32 Å². The summed E-state index contributed by atoms with van der Waals surface area (Å²) < 4.78 is 42.8. The van der Waals surface area contributed by atoms with Crippen LogP contribution in [0, 0.1) is 0 Å². The summed E-state index contributed by atoms with van der Waals surface area (Å²) in [7, 11) is 1.60. The van der Waals surface area contributed by atoms with Gasteiger partial charge in [0.25, 0.3) is 0 Å². The smallest absolute Gasteiger partial charge is 0.380 e. The number of ether oxygens (including phenoxy) is 1. The lowest BCUT2D eigenvalue weighted by atomic mass is 10.0. The summed E-state index contributed by atoms with van der Waals surface area (Å²) in [6.07, 6.45) is -4.27. The second-order valence-corrected chi connectivity index (χ2v) is 4.30. The molecule has 0 saturated carbocycles. The van der Waals surface area contributed by atoms with E-state index in [-0.39, 0.29) is 12.1 Å². The summed E-state index contributed by atoms with van der Waals surface area (Å²) in [6, 6.07) is 5.22. The minimum atomic E-state index is -4.30. The van der Waals surface area contributed by atoms with Crippen molar-refractivity contribution in [3.63, 3.8) is 0 Å². The van der Waals surface area contributed by atoms with Gasteiger partial charge in [-0.3, -0.25) is 0 Å². The summed E-state index contributed by atoms with van der Waals surface area (Å²) in [6.45, 7) is 4.32. The number of hydrogen-bond acceptors (Lipinski definition) is 2. The molecule has 1 rings (SSSR count). The zero-order chi connectivity index (χ0) is 13.8. The van der Waals surface area contributed by atoms with E-state index in [1.165, 1.54) is 12.1 Å². The van der Waals surface area contributed by atoms with Crippen LogP contribution < -0.4 is 5.32 Å². The number of benzene rings is 1. The van der Waals surface area contributed by atoms with Crippen molar-refractivity contribution < 1.29 is 17.9 Å². The Bertz CT molecular complexity index is 379. The first-order valence-electron chi connectivity index (χ1n) is 5.78. The van der Waals surface area contributed by atoms with Gasteiger partial charge in [0.05, 0.1) is 11.7 Å². The Hall–Kier alpha value is -1.07. The standard InChI is InChI=1S/C13H18F3NO/c1-9(18-3)8-17-10(2)11-5-4-6-12(7-11)13(14,15)16/h4-7,9-10,17H,8H2,1-3H3. The van der Waals surface area contributed by atoms with E-state index in [4.69, 9.17) is 4.74 Å². The molecule has 102 valence electrons. The average molecular weight is 261 g/mol. The van der Waals surface area contributed by atoms with Gasteiger partial charge in [0.15, 0.2) is 0 Å². The molecule has 0 amide bonds. The van der Waals surface area contributed by atoms with Crippen molar-refractivity contribution in [2.45, 2.75) is 32.2 Å². The molecule has 1 N–H and O–H groups in total. The molecule has 1 aromatic carbocycles. The molecule has 0 radical (unpaired) electrons. The minimum absolute atomic E-state index is 0.0262. The summed E-state index contributed by atoms with van der Waals surface area (Å²) >= 11 is 0. The molecule has 0 aromatic heterocycles. The first-order valence-corrected chi connectivity index (χ1v) is 5.78. The first kappa shape index (κ1) is 15.0. The Morgan fingerprint density at radius 2 is 1.94 bits per heavy atom. The van der Waals surface area contributed by atoms with Gasteiger partial charge in [0.2, 0.25) is 0 Å². The van der Waals surface area contributed by atoms with E-state index in [9.17, 15) is 13.2 Å². The summed E-state index contributed by atoms with van der Waals surface area (Å²) in [5.41, 5.74) is 0.00145. The van der Waals surface area contributed by atoms with Crippen LogP contribution in [-0.2, 0) is 10.9 Å². The molecular weight excluding hydrogens is 243 g/mol. The summed E-state index contributed by atoms with van der Waals surface area (Å²) in [5, 5.41) is 3.14. The van der Waals surface area contributed by atoms with E-state index in [1.807, 2.05) is 13.8 Å². The zero-order valence-corrected chi connectivity index (χ0v) is 10.7. The average Bonchev–Trinajstić information content (AvgIpc) is 2.34. The van der Waals surface area contributed by atoms with Crippen molar-refractivity contribution in [1.29, 1.82) is 0 Å². The summed E-state index contributed by atoms with van der Waals surface area (Å²) in [5.74, 6) is 0. The normalized spacial score (nSPS) is 15.4. The van der Waals surface area contributed by atoms with Gasteiger partial charge in [-0.15, -0.1) is 0 Å². The first-order chi connectivity index (χ1) is 8.34. The SMILES string of the molecule is COC(C)CNC(C)c1cccc(C(F)(F)F)c1. The predicted molar refractivity (Wildman–Crippen MR) is 64.3 cm³/mol. The van der Waals surface area contributed by atoms with E-state index in [0.717, 1.165) is 6.07 Å². The highest BCUT2D eigenvalue weighted by Gasteiger charge is 2.30. The Labute approximate surface area is 105 Å². The molecule has 0 aliphatic carbocycles. The third-order valence-corrected chi connectivity index (χ3v) is 2.83. The number of rotatable bonds is 5. The molecule has 2 unspecified atom stereocenters. The van der Waals surface area contributed by atoms with Crippen molar-refractivity contribution >= 4 is 0 Å². The van der Waals surface area contributed by atoms with Crippen molar-refractivity contribution in [3.8, 4) is 0 Å².